The van der Waals surface area contributed by atoms with Crippen molar-refractivity contribution in [3.8, 4) is 0 Å². The fourth-order valence-corrected chi connectivity index (χ4v) is 3.55. The molecule has 20 heavy (non-hydrogen) atoms. The van der Waals surface area contributed by atoms with Gasteiger partial charge in [0.25, 0.3) is 0 Å². The number of hydrogen-bond donors (Lipinski definition) is 0. The van der Waals surface area contributed by atoms with Crippen molar-refractivity contribution < 1.29 is 8.42 Å². The highest BCUT2D eigenvalue weighted by Crippen LogP contribution is 2.27. The number of sulfone groups is 1. The van der Waals surface area contributed by atoms with Crippen LogP contribution in [0.15, 0.2) is 59.5 Å². The first-order chi connectivity index (χ1) is 9.53. The second-order valence-electron chi connectivity index (χ2n) is 4.63. The van der Waals surface area contributed by atoms with Gasteiger partial charge in [-0.1, -0.05) is 65.3 Å². The molecule has 2 aromatic carbocycles. The number of alkyl halides is 1. The molecular formula is C16H17BrO2S. The number of benzene rings is 2. The van der Waals surface area contributed by atoms with E-state index in [1.807, 2.05) is 30.3 Å². The van der Waals surface area contributed by atoms with E-state index in [4.69, 9.17) is 0 Å². The zero-order chi connectivity index (χ0) is 14.6. The Labute approximate surface area is 128 Å². The van der Waals surface area contributed by atoms with Crippen LogP contribution in [0.2, 0.25) is 0 Å². The van der Waals surface area contributed by atoms with E-state index in [1.165, 1.54) is 5.56 Å². The number of rotatable bonds is 5. The third kappa shape index (κ3) is 3.70. The van der Waals surface area contributed by atoms with E-state index in [2.05, 4.69) is 28.1 Å². The van der Waals surface area contributed by atoms with Gasteiger partial charge in [-0.25, -0.2) is 8.42 Å². The molecule has 2 nitrogen and oxygen atoms in total. The summed E-state index contributed by atoms with van der Waals surface area (Å²) < 4.78 is 23.5. The number of halogens is 1. The fourth-order valence-electron chi connectivity index (χ4n) is 1.99. The van der Waals surface area contributed by atoms with Gasteiger partial charge in [-0.15, -0.1) is 0 Å². The molecule has 2 rings (SSSR count). The van der Waals surface area contributed by atoms with E-state index >= 15 is 0 Å². The lowest BCUT2D eigenvalue weighted by molar-refractivity contribution is 0.597. The van der Waals surface area contributed by atoms with Crippen LogP contribution in [0.3, 0.4) is 0 Å². The van der Waals surface area contributed by atoms with Crippen LogP contribution >= 0.6 is 15.9 Å². The van der Waals surface area contributed by atoms with E-state index in [0.29, 0.717) is 4.90 Å². The van der Waals surface area contributed by atoms with Gasteiger partial charge in [0.15, 0.2) is 9.84 Å². The molecule has 0 saturated heterocycles. The Morgan fingerprint density at radius 2 is 1.60 bits per heavy atom. The van der Waals surface area contributed by atoms with Crippen LogP contribution in [-0.2, 0) is 16.3 Å². The van der Waals surface area contributed by atoms with Crippen molar-refractivity contribution in [1.29, 1.82) is 0 Å². The molecule has 0 spiro atoms. The van der Waals surface area contributed by atoms with Crippen LogP contribution in [0.4, 0.5) is 0 Å². The Kier molecular flexibility index (Phi) is 5.00. The fraction of sp³-hybridized carbons (Fsp3) is 0.250. The van der Waals surface area contributed by atoms with E-state index in [1.54, 1.807) is 19.1 Å². The minimum absolute atomic E-state index is 0.136. The maximum atomic E-state index is 11.7. The molecule has 0 fully saturated rings. The highest BCUT2D eigenvalue weighted by molar-refractivity contribution is 9.09. The molecule has 0 heterocycles. The first kappa shape index (κ1) is 15.3. The van der Waals surface area contributed by atoms with Crippen molar-refractivity contribution >= 4 is 25.8 Å². The molecule has 0 aliphatic rings. The zero-order valence-electron chi connectivity index (χ0n) is 11.3. The standard InChI is InChI=1S/C16H17BrO2S/c1-2-20(18,19)15-10-8-13(9-11-15)12-16(17)14-6-4-3-5-7-14/h3-11,16H,2,12H2,1H3. The quantitative estimate of drug-likeness (QED) is 0.757. The van der Waals surface area contributed by atoms with Crippen molar-refractivity contribution in [2.75, 3.05) is 5.75 Å². The van der Waals surface area contributed by atoms with Gasteiger partial charge in [-0.05, 0) is 29.7 Å². The molecule has 0 aliphatic heterocycles. The van der Waals surface area contributed by atoms with Crippen LogP contribution in [-0.4, -0.2) is 14.2 Å². The van der Waals surface area contributed by atoms with E-state index in [-0.39, 0.29) is 10.6 Å². The third-order valence-corrected chi connectivity index (χ3v) is 5.84. The molecule has 4 heteroatoms. The summed E-state index contributed by atoms with van der Waals surface area (Å²) in [6, 6.07) is 17.3. The third-order valence-electron chi connectivity index (χ3n) is 3.24. The summed E-state index contributed by atoms with van der Waals surface area (Å²) in [6.07, 6.45) is 0.830. The number of hydrogen-bond acceptors (Lipinski definition) is 2. The molecule has 0 aromatic heterocycles. The predicted molar refractivity (Wildman–Crippen MR) is 86.0 cm³/mol. The van der Waals surface area contributed by atoms with Crippen LogP contribution in [0.1, 0.15) is 22.9 Å². The Morgan fingerprint density at radius 1 is 1.00 bits per heavy atom. The lowest BCUT2D eigenvalue weighted by Crippen LogP contribution is -2.03. The lowest BCUT2D eigenvalue weighted by Gasteiger charge is -2.10. The molecule has 0 bridgehead atoms. The summed E-state index contributed by atoms with van der Waals surface area (Å²) in [6.45, 7) is 1.66. The molecule has 0 saturated carbocycles. The average Bonchev–Trinajstić information content (AvgIpc) is 2.48. The van der Waals surface area contributed by atoms with Gasteiger partial charge in [0, 0.05) is 4.83 Å². The average molecular weight is 353 g/mol. The van der Waals surface area contributed by atoms with Crippen molar-refractivity contribution in [3.63, 3.8) is 0 Å². The summed E-state index contributed by atoms with van der Waals surface area (Å²) in [7, 11) is -3.11. The molecule has 1 unspecified atom stereocenters. The highest BCUT2D eigenvalue weighted by Gasteiger charge is 2.12. The van der Waals surface area contributed by atoms with Crippen LogP contribution in [0, 0.1) is 0 Å². The van der Waals surface area contributed by atoms with Gasteiger partial charge >= 0.3 is 0 Å². The molecular weight excluding hydrogens is 336 g/mol. The summed E-state index contributed by atoms with van der Waals surface area (Å²) in [5, 5.41) is 0. The normalized spacial score (nSPS) is 13.1. The molecule has 0 aliphatic carbocycles. The first-order valence-corrected chi connectivity index (χ1v) is 9.10. The van der Waals surface area contributed by atoms with Crippen LogP contribution in [0.5, 0.6) is 0 Å². The Morgan fingerprint density at radius 3 is 2.15 bits per heavy atom. The minimum Gasteiger partial charge on any atom is -0.224 e. The zero-order valence-corrected chi connectivity index (χ0v) is 13.7. The highest BCUT2D eigenvalue weighted by atomic mass is 79.9. The second-order valence-corrected chi connectivity index (χ2v) is 8.01. The predicted octanol–water partition coefficient (Wildman–Crippen LogP) is 4.16. The summed E-state index contributed by atoms with van der Waals surface area (Å²) in [5.41, 5.74) is 2.34. The van der Waals surface area contributed by atoms with E-state index in [9.17, 15) is 8.42 Å². The Balaban J connectivity index is 2.12. The Hall–Kier alpha value is -1.13. The van der Waals surface area contributed by atoms with Gasteiger partial charge in [-0.3, -0.25) is 0 Å². The molecule has 2 aromatic rings. The SMILES string of the molecule is CCS(=O)(=O)c1ccc(CC(Br)c2ccccc2)cc1. The molecule has 106 valence electrons. The Bertz CT molecular complexity index is 649. The van der Waals surface area contributed by atoms with Crippen LogP contribution < -0.4 is 0 Å². The monoisotopic (exact) mass is 352 g/mol. The van der Waals surface area contributed by atoms with E-state index in [0.717, 1.165) is 12.0 Å². The first-order valence-electron chi connectivity index (χ1n) is 6.53. The molecule has 0 amide bonds. The van der Waals surface area contributed by atoms with Gasteiger partial charge in [0.1, 0.15) is 0 Å². The largest absolute Gasteiger partial charge is 0.224 e. The van der Waals surface area contributed by atoms with Gasteiger partial charge in [0.05, 0.1) is 10.6 Å². The van der Waals surface area contributed by atoms with Crippen molar-refractivity contribution in [1.82, 2.24) is 0 Å². The van der Waals surface area contributed by atoms with Crippen molar-refractivity contribution in [2.24, 2.45) is 0 Å². The maximum absolute atomic E-state index is 11.7. The van der Waals surface area contributed by atoms with Crippen LogP contribution in [0.25, 0.3) is 0 Å². The smallest absolute Gasteiger partial charge is 0.178 e. The minimum atomic E-state index is -3.11. The second kappa shape index (κ2) is 6.55. The van der Waals surface area contributed by atoms with Crippen molar-refractivity contribution in [2.45, 2.75) is 23.1 Å². The van der Waals surface area contributed by atoms with Gasteiger partial charge < -0.3 is 0 Å². The maximum Gasteiger partial charge on any atom is 0.178 e. The molecule has 0 N–H and O–H groups in total. The molecule has 0 radical (unpaired) electrons. The lowest BCUT2D eigenvalue weighted by atomic mass is 10.0. The van der Waals surface area contributed by atoms with Crippen molar-refractivity contribution in [3.05, 3.63) is 65.7 Å². The topological polar surface area (TPSA) is 34.1 Å². The summed E-state index contributed by atoms with van der Waals surface area (Å²) in [5.74, 6) is 0.136. The summed E-state index contributed by atoms with van der Waals surface area (Å²) >= 11 is 3.68. The van der Waals surface area contributed by atoms with Gasteiger partial charge in [0.2, 0.25) is 0 Å². The van der Waals surface area contributed by atoms with E-state index < -0.39 is 9.84 Å². The van der Waals surface area contributed by atoms with Gasteiger partial charge in [-0.2, -0.15) is 0 Å². The molecule has 1 atom stereocenters. The summed E-state index contributed by atoms with van der Waals surface area (Å²) in [4.78, 5) is 0.631.